The summed E-state index contributed by atoms with van der Waals surface area (Å²) in [6, 6.07) is 0.657. The van der Waals surface area contributed by atoms with Gasteiger partial charge in [0.25, 0.3) is 0 Å². The van der Waals surface area contributed by atoms with Crippen molar-refractivity contribution in [1.29, 1.82) is 0 Å². The SMILES string of the molecule is CCCC(C)C(CC)CNC1CC(C)(C)NC(C)(C)C1. The number of hydrogen-bond acceptors (Lipinski definition) is 2. The molecule has 2 N–H and O–H groups in total. The molecule has 1 aliphatic rings. The van der Waals surface area contributed by atoms with E-state index in [0.717, 1.165) is 11.8 Å². The van der Waals surface area contributed by atoms with Crippen LogP contribution in [0, 0.1) is 11.8 Å². The van der Waals surface area contributed by atoms with Gasteiger partial charge in [-0.15, -0.1) is 0 Å². The van der Waals surface area contributed by atoms with Crippen LogP contribution in [0.3, 0.4) is 0 Å². The molecule has 0 radical (unpaired) electrons. The van der Waals surface area contributed by atoms with Crippen LogP contribution in [-0.2, 0) is 0 Å². The molecule has 0 spiro atoms. The van der Waals surface area contributed by atoms with Crippen LogP contribution in [0.25, 0.3) is 0 Å². The summed E-state index contributed by atoms with van der Waals surface area (Å²) in [4.78, 5) is 0. The van der Waals surface area contributed by atoms with E-state index in [4.69, 9.17) is 0 Å². The standard InChI is InChI=1S/C18H38N2/c1-8-10-14(3)15(9-2)13-19-16-11-17(4,5)20-18(6,7)12-16/h14-16,19-20H,8-13H2,1-7H3. The van der Waals surface area contributed by atoms with Gasteiger partial charge < -0.3 is 10.6 Å². The molecule has 1 fully saturated rings. The Labute approximate surface area is 127 Å². The monoisotopic (exact) mass is 282 g/mol. The summed E-state index contributed by atoms with van der Waals surface area (Å²) in [7, 11) is 0. The molecule has 120 valence electrons. The second-order valence-corrected chi connectivity index (χ2v) is 8.34. The highest BCUT2D eigenvalue weighted by atomic mass is 15.1. The van der Waals surface area contributed by atoms with Crippen LogP contribution >= 0.6 is 0 Å². The molecule has 0 aromatic carbocycles. The van der Waals surface area contributed by atoms with Crippen LogP contribution in [0.4, 0.5) is 0 Å². The van der Waals surface area contributed by atoms with Crippen molar-refractivity contribution in [2.45, 2.75) is 97.7 Å². The fourth-order valence-electron chi connectivity index (χ4n) is 4.22. The summed E-state index contributed by atoms with van der Waals surface area (Å²) in [6.07, 6.45) is 6.43. The highest BCUT2D eigenvalue weighted by molar-refractivity contribution is 4.99. The van der Waals surface area contributed by atoms with Gasteiger partial charge in [0.15, 0.2) is 0 Å². The van der Waals surface area contributed by atoms with E-state index in [1.54, 1.807) is 0 Å². The molecule has 2 atom stereocenters. The third kappa shape index (κ3) is 5.73. The lowest BCUT2D eigenvalue weighted by atomic mass is 9.79. The molecule has 1 rings (SSSR count). The lowest BCUT2D eigenvalue weighted by Crippen LogP contribution is -2.62. The van der Waals surface area contributed by atoms with Crippen molar-refractivity contribution in [3.8, 4) is 0 Å². The Morgan fingerprint density at radius 1 is 1.10 bits per heavy atom. The second-order valence-electron chi connectivity index (χ2n) is 8.34. The minimum absolute atomic E-state index is 0.246. The summed E-state index contributed by atoms with van der Waals surface area (Å²) < 4.78 is 0. The zero-order valence-electron chi connectivity index (χ0n) is 15.0. The Hall–Kier alpha value is -0.0800. The number of hydrogen-bond donors (Lipinski definition) is 2. The maximum atomic E-state index is 3.88. The summed E-state index contributed by atoms with van der Waals surface area (Å²) in [5, 5.41) is 7.65. The summed E-state index contributed by atoms with van der Waals surface area (Å²) in [5.41, 5.74) is 0.492. The molecule has 1 aliphatic heterocycles. The van der Waals surface area contributed by atoms with Gasteiger partial charge in [0, 0.05) is 17.1 Å². The average molecular weight is 283 g/mol. The normalized spacial score (nSPS) is 25.4. The first-order chi connectivity index (χ1) is 9.19. The van der Waals surface area contributed by atoms with Crippen molar-refractivity contribution in [3.63, 3.8) is 0 Å². The van der Waals surface area contributed by atoms with Crippen molar-refractivity contribution in [2.24, 2.45) is 11.8 Å². The highest BCUT2D eigenvalue weighted by Crippen LogP contribution is 2.29. The van der Waals surface area contributed by atoms with E-state index in [1.807, 2.05) is 0 Å². The van der Waals surface area contributed by atoms with Crippen LogP contribution in [0.1, 0.15) is 80.6 Å². The number of piperidine rings is 1. The van der Waals surface area contributed by atoms with E-state index in [1.165, 1.54) is 38.6 Å². The largest absolute Gasteiger partial charge is 0.314 e. The van der Waals surface area contributed by atoms with E-state index in [-0.39, 0.29) is 11.1 Å². The molecular formula is C18H38N2. The van der Waals surface area contributed by atoms with E-state index in [9.17, 15) is 0 Å². The minimum Gasteiger partial charge on any atom is -0.314 e. The van der Waals surface area contributed by atoms with Crippen molar-refractivity contribution in [3.05, 3.63) is 0 Å². The molecule has 2 nitrogen and oxygen atoms in total. The van der Waals surface area contributed by atoms with Gasteiger partial charge in [-0.05, 0) is 58.9 Å². The topological polar surface area (TPSA) is 24.1 Å². The molecule has 1 saturated heterocycles. The zero-order chi connectivity index (χ0) is 15.4. The highest BCUT2D eigenvalue weighted by Gasteiger charge is 2.37. The van der Waals surface area contributed by atoms with E-state index >= 15 is 0 Å². The second kappa shape index (κ2) is 7.26. The lowest BCUT2D eigenvalue weighted by molar-refractivity contribution is 0.140. The summed E-state index contributed by atoms with van der Waals surface area (Å²) in [5.74, 6) is 1.68. The predicted octanol–water partition coefficient (Wildman–Crippen LogP) is 4.35. The van der Waals surface area contributed by atoms with Crippen LogP contribution in [0.5, 0.6) is 0 Å². The Balaban J connectivity index is 2.51. The summed E-state index contributed by atoms with van der Waals surface area (Å²) >= 11 is 0. The van der Waals surface area contributed by atoms with Crippen molar-refractivity contribution in [2.75, 3.05) is 6.54 Å². The maximum absolute atomic E-state index is 3.88. The van der Waals surface area contributed by atoms with Gasteiger partial charge in [-0.2, -0.15) is 0 Å². The first-order valence-electron chi connectivity index (χ1n) is 8.72. The number of rotatable bonds is 7. The van der Waals surface area contributed by atoms with E-state index < -0.39 is 0 Å². The Morgan fingerprint density at radius 3 is 2.10 bits per heavy atom. The van der Waals surface area contributed by atoms with Gasteiger partial charge in [-0.25, -0.2) is 0 Å². The fraction of sp³-hybridized carbons (Fsp3) is 1.00. The van der Waals surface area contributed by atoms with Gasteiger partial charge in [0.05, 0.1) is 0 Å². The average Bonchev–Trinajstić information content (AvgIpc) is 2.25. The molecule has 2 unspecified atom stereocenters. The van der Waals surface area contributed by atoms with Crippen molar-refractivity contribution >= 4 is 0 Å². The third-order valence-corrected chi connectivity index (χ3v) is 4.93. The van der Waals surface area contributed by atoms with Crippen molar-refractivity contribution in [1.82, 2.24) is 10.6 Å². The molecule has 0 aliphatic carbocycles. The Bertz CT molecular complexity index is 267. The molecule has 0 saturated carbocycles. The van der Waals surface area contributed by atoms with E-state index in [0.29, 0.717) is 6.04 Å². The van der Waals surface area contributed by atoms with Gasteiger partial charge in [0.2, 0.25) is 0 Å². The van der Waals surface area contributed by atoms with E-state index in [2.05, 4.69) is 59.1 Å². The Kier molecular flexibility index (Phi) is 6.53. The molecule has 20 heavy (non-hydrogen) atoms. The van der Waals surface area contributed by atoms with Crippen molar-refractivity contribution < 1.29 is 0 Å². The Morgan fingerprint density at radius 2 is 1.65 bits per heavy atom. The van der Waals surface area contributed by atoms with Crippen LogP contribution < -0.4 is 10.6 Å². The zero-order valence-corrected chi connectivity index (χ0v) is 15.0. The lowest BCUT2D eigenvalue weighted by Gasteiger charge is -2.47. The minimum atomic E-state index is 0.246. The first kappa shape index (κ1) is 18.0. The van der Waals surface area contributed by atoms with Gasteiger partial charge >= 0.3 is 0 Å². The van der Waals surface area contributed by atoms with Crippen LogP contribution in [-0.4, -0.2) is 23.7 Å². The molecule has 0 bridgehead atoms. The fourth-order valence-corrected chi connectivity index (χ4v) is 4.22. The molecule has 2 heteroatoms. The van der Waals surface area contributed by atoms with Crippen LogP contribution in [0.2, 0.25) is 0 Å². The first-order valence-corrected chi connectivity index (χ1v) is 8.72. The van der Waals surface area contributed by atoms with Gasteiger partial charge in [-0.1, -0.05) is 40.0 Å². The number of nitrogens with one attached hydrogen (secondary N) is 2. The molecule has 0 aromatic rings. The molecule has 1 heterocycles. The molecular weight excluding hydrogens is 244 g/mol. The van der Waals surface area contributed by atoms with Crippen LogP contribution in [0.15, 0.2) is 0 Å². The predicted molar refractivity (Wildman–Crippen MR) is 90.2 cm³/mol. The maximum Gasteiger partial charge on any atom is 0.0144 e. The molecule has 0 amide bonds. The molecule has 0 aromatic heterocycles. The quantitative estimate of drug-likeness (QED) is 0.725. The third-order valence-electron chi connectivity index (χ3n) is 4.93. The van der Waals surface area contributed by atoms with Gasteiger partial charge in [-0.3, -0.25) is 0 Å². The van der Waals surface area contributed by atoms with Gasteiger partial charge in [0.1, 0.15) is 0 Å². The smallest absolute Gasteiger partial charge is 0.0144 e. The summed E-state index contributed by atoms with van der Waals surface area (Å²) in [6.45, 7) is 17.6.